The summed E-state index contributed by atoms with van der Waals surface area (Å²) in [6.07, 6.45) is -2.03. The standard InChI is InChI=1S/C22H26O6S/c1-15-10-12-16(13-11-15)19-22(29(23,24)17-8-6-5-7-9-17)21(27-4)20(26-3)18(28-19)14-25-2/h5-13,18,20-21H,14H2,1-4H3/t18-,20-,21+/m1/s1. The van der Waals surface area contributed by atoms with E-state index < -0.39 is 28.1 Å². The summed E-state index contributed by atoms with van der Waals surface area (Å²) >= 11 is 0. The number of hydrogen-bond acceptors (Lipinski definition) is 6. The van der Waals surface area contributed by atoms with Gasteiger partial charge in [0.05, 0.1) is 11.5 Å². The van der Waals surface area contributed by atoms with Gasteiger partial charge in [0.25, 0.3) is 0 Å². The van der Waals surface area contributed by atoms with Crippen LogP contribution >= 0.6 is 0 Å². The fourth-order valence-electron chi connectivity index (χ4n) is 3.48. The molecular weight excluding hydrogens is 392 g/mol. The zero-order chi connectivity index (χ0) is 21.0. The Morgan fingerprint density at radius 1 is 0.931 bits per heavy atom. The highest BCUT2D eigenvalue weighted by Crippen LogP contribution is 2.39. The predicted octanol–water partition coefficient (Wildman–Crippen LogP) is 3.21. The van der Waals surface area contributed by atoms with Gasteiger partial charge in [-0.2, -0.15) is 0 Å². The van der Waals surface area contributed by atoms with Gasteiger partial charge >= 0.3 is 0 Å². The van der Waals surface area contributed by atoms with Crippen molar-refractivity contribution in [2.75, 3.05) is 27.9 Å². The van der Waals surface area contributed by atoms with Crippen molar-refractivity contribution in [1.29, 1.82) is 0 Å². The van der Waals surface area contributed by atoms with E-state index in [0.717, 1.165) is 5.56 Å². The minimum atomic E-state index is -3.90. The molecular formula is C22H26O6S. The van der Waals surface area contributed by atoms with Crippen LogP contribution < -0.4 is 0 Å². The molecule has 0 aliphatic carbocycles. The van der Waals surface area contributed by atoms with E-state index in [2.05, 4.69) is 0 Å². The maximum Gasteiger partial charge on any atom is 0.209 e. The van der Waals surface area contributed by atoms with Crippen molar-refractivity contribution in [2.45, 2.75) is 30.1 Å². The summed E-state index contributed by atoms with van der Waals surface area (Å²) in [5, 5.41) is 0. The molecule has 0 aromatic heterocycles. The van der Waals surface area contributed by atoms with Crippen molar-refractivity contribution >= 4 is 15.6 Å². The molecule has 0 N–H and O–H groups in total. The summed E-state index contributed by atoms with van der Waals surface area (Å²) in [4.78, 5) is 0.222. The van der Waals surface area contributed by atoms with E-state index in [9.17, 15) is 8.42 Å². The lowest BCUT2D eigenvalue weighted by Gasteiger charge is -2.38. The van der Waals surface area contributed by atoms with Gasteiger partial charge in [0.2, 0.25) is 9.84 Å². The van der Waals surface area contributed by atoms with Crippen molar-refractivity contribution in [3.63, 3.8) is 0 Å². The van der Waals surface area contributed by atoms with Crippen LogP contribution in [0.2, 0.25) is 0 Å². The van der Waals surface area contributed by atoms with Crippen LogP contribution in [0.1, 0.15) is 11.1 Å². The zero-order valence-corrected chi connectivity index (χ0v) is 17.8. The molecule has 0 amide bonds. The SMILES string of the molecule is COC[C@H]1OC(c2ccc(C)cc2)=C(S(=O)(=O)c2ccccc2)[C@@H](OC)[C@@H]1OC. The van der Waals surface area contributed by atoms with Crippen molar-refractivity contribution in [3.05, 3.63) is 70.6 Å². The molecule has 7 heteroatoms. The second-order valence-electron chi connectivity index (χ2n) is 6.84. The Balaban J connectivity index is 2.27. The number of sulfone groups is 1. The van der Waals surface area contributed by atoms with Crippen LogP contribution in [0.5, 0.6) is 0 Å². The van der Waals surface area contributed by atoms with Gasteiger partial charge in [-0.1, -0.05) is 48.0 Å². The molecule has 3 rings (SSSR count). The first kappa shape index (κ1) is 21.5. The van der Waals surface area contributed by atoms with Gasteiger partial charge in [0.15, 0.2) is 6.10 Å². The maximum atomic E-state index is 13.6. The monoisotopic (exact) mass is 418 g/mol. The highest BCUT2D eigenvalue weighted by atomic mass is 32.2. The molecule has 0 unspecified atom stereocenters. The Bertz CT molecular complexity index is 951. The fraction of sp³-hybridized carbons (Fsp3) is 0.364. The molecule has 0 fully saturated rings. The van der Waals surface area contributed by atoms with Gasteiger partial charge < -0.3 is 18.9 Å². The lowest BCUT2D eigenvalue weighted by molar-refractivity contribution is -0.108. The summed E-state index contributed by atoms with van der Waals surface area (Å²) in [7, 11) is 0.633. The summed E-state index contributed by atoms with van der Waals surface area (Å²) in [5.41, 5.74) is 1.71. The largest absolute Gasteiger partial charge is 0.483 e. The maximum absolute atomic E-state index is 13.6. The molecule has 156 valence electrons. The summed E-state index contributed by atoms with van der Waals surface area (Å²) in [6.45, 7) is 2.19. The lowest BCUT2D eigenvalue weighted by Crippen LogP contribution is -2.49. The van der Waals surface area contributed by atoms with Crippen molar-refractivity contribution in [2.24, 2.45) is 0 Å². The zero-order valence-electron chi connectivity index (χ0n) is 17.0. The fourth-order valence-corrected chi connectivity index (χ4v) is 5.19. The minimum absolute atomic E-state index is 0.0502. The van der Waals surface area contributed by atoms with Crippen LogP contribution in [-0.4, -0.2) is 54.7 Å². The smallest absolute Gasteiger partial charge is 0.209 e. The van der Waals surface area contributed by atoms with Crippen molar-refractivity contribution in [1.82, 2.24) is 0 Å². The van der Waals surface area contributed by atoms with E-state index in [1.54, 1.807) is 37.4 Å². The molecule has 1 aliphatic heterocycles. The molecule has 2 aromatic rings. The number of aryl methyl sites for hydroxylation is 1. The highest BCUT2D eigenvalue weighted by molar-refractivity contribution is 7.95. The third-order valence-corrected chi connectivity index (χ3v) is 6.82. The second kappa shape index (κ2) is 9.09. The average Bonchev–Trinajstić information content (AvgIpc) is 2.74. The van der Waals surface area contributed by atoms with E-state index in [4.69, 9.17) is 18.9 Å². The molecule has 0 spiro atoms. The molecule has 0 saturated carbocycles. The van der Waals surface area contributed by atoms with Gasteiger partial charge in [-0.05, 0) is 19.1 Å². The molecule has 0 bridgehead atoms. The summed E-state index contributed by atoms with van der Waals surface area (Å²) in [5.74, 6) is 0.260. The Hall–Kier alpha value is -2.19. The Morgan fingerprint density at radius 3 is 2.14 bits per heavy atom. The van der Waals surface area contributed by atoms with E-state index in [1.165, 1.54) is 14.2 Å². The van der Waals surface area contributed by atoms with Crippen LogP contribution in [0.3, 0.4) is 0 Å². The topological polar surface area (TPSA) is 71.1 Å². The molecule has 3 atom stereocenters. The number of rotatable bonds is 7. The van der Waals surface area contributed by atoms with Gasteiger partial charge in [0, 0.05) is 26.9 Å². The van der Waals surface area contributed by atoms with Crippen LogP contribution in [0.25, 0.3) is 5.76 Å². The second-order valence-corrected chi connectivity index (χ2v) is 8.76. The normalized spacial score (nSPS) is 22.4. The Labute approximate surface area is 172 Å². The van der Waals surface area contributed by atoms with Crippen LogP contribution in [0, 0.1) is 6.92 Å². The quantitative estimate of drug-likeness (QED) is 0.688. The molecule has 0 saturated heterocycles. The number of ether oxygens (including phenoxy) is 4. The third kappa shape index (κ3) is 4.23. The van der Waals surface area contributed by atoms with E-state index >= 15 is 0 Å². The van der Waals surface area contributed by atoms with Crippen molar-refractivity contribution < 1.29 is 27.4 Å². The van der Waals surface area contributed by atoms with Crippen LogP contribution in [0.4, 0.5) is 0 Å². The number of methoxy groups -OCH3 is 3. The Morgan fingerprint density at radius 2 is 1.59 bits per heavy atom. The number of hydrogen-bond donors (Lipinski definition) is 0. The average molecular weight is 419 g/mol. The van der Waals surface area contributed by atoms with E-state index in [1.807, 2.05) is 31.2 Å². The highest BCUT2D eigenvalue weighted by Gasteiger charge is 2.46. The van der Waals surface area contributed by atoms with Crippen molar-refractivity contribution in [3.8, 4) is 0 Å². The molecule has 1 aliphatic rings. The van der Waals surface area contributed by atoms with Gasteiger partial charge in [-0.15, -0.1) is 0 Å². The summed E-state index contributed by atoms with van der Waals surface area (Å²) in [6, 6.07) is 15.8. The number of benzene rings is 2. The first-order chi connectivity index (χ1) is 13.9. The first-order valence-corrected chi connectivity index (χ1v) is 10.7. The molecule has 6 nitrogen and oxygen atoms in total. The van der Waals surface area contributed by atoms with Crippen LogP contribution in [0.15, 0.2) is 64.4 Å². The van der Waals surface area contributed by atoms with Gasteiger partial charge in [0.1, 0.15) is 22.9 Å². The molecule has 0 radical (unpaired) electrons. The van der Waals surface area contributed by atoms with E-state index in [0.29, 0.717) is 5.56 Å². The molecule has 2 aromatic carbocycles. The molecule has 1 heterocycles. The summed E-state index contributed by atoms with van der Waals surface area (Å²) < 4.78 is 50.0. The lowest BCUT2D eigenvalue weighted by atomic mass is 10.0. The van der Waals surface area contributed by atoms with E-state index in [-0.39, 0.29) is 22.2 Å². The Kier molecular flexibility index (Phi) is 6.74. The third-order valence-electron chi connectivity index (χ3n) is 4.93. The first-order valence-electron chi connectivity index (χ1n) is 9.26. The minimum Gasteiger partial charge on any atom is -0.483 e. The molecule has 29 heavy (non-hydrogen) atoms. The predicted molar refractivity (Wildman–Crippen MR) is 110 cm³/mol. The van der Waals surface area contributed by atoms with Crippen LogP contribution in [-0.2, 0) is 28.8 Å². The van der Waals surface area contributed by atoms with Gasteiger partial charge in [-0.3, -0.25) is 0 Å². The van der Waals surface area contributed by atoms with Gasteiger partial charge in [-0.25, -0.2) is 8.42 Å².